The lowest BCUT2D eigenvalue weighted by molar-refractivity contribution is 0.0696. The average Bonchev–Trinajstić information content (AvgIpc) is 2.38. The number of carboxylic acids is 1. The molecule has 0 radical (unpaired) electrons. The van der Waals surface area contributed by atoms with Gasteiger partial charge in [-0.15, -0.1) is 0 Å². The van der Waals surface area contributed by atoms with E-state index in [4.69, 9.17) is 9.84 Å². The van der Waals surface area contributed by atoms with Crippen molar-refractivity contribution < 1.29 is 14.6 Å². The molecule has 4 heteroatoms. The monoisotopic (exact) mass is 334 g/mol. The molecule has 2 rings (SSSR count). The molecule has 0 heterocycles. The molecule has 0 spiro atoms. The molecular weight excluding hydrogens is 320 g/mol. The minimum absolute atomic E-state index is 0.217. The van der Waals surface area contributed by atoms with Gasteiger partial charge in [0, 0.05) is 4.47 Å². The second-order valence-electron chi connectivity index (χ2n) is 4.74. The van der Waals surface area contributed by atoms with Crippen molar-refractivity contribution in [3.63, 3.8) is 0 Å². The third kappa shape index (κ3) is 3.20. The predicted molar refractivity (Wildman–Crippen MR) is 81.7 cm³/mol. The van der Waals surface area contributed by atoms with Gasteiger partial charge in [-0.3, -0.25) is 0 Å². The van der Waals surface area contributed by atoms with E-state index < -0.39 is 5.97 Å². The van der Waals surface area contributed by atoms with Crippen LogP contribution in [0.2, 0.25) is 0 Å². The van der Waals surface area contributed by atoms with Crippen LogP contribution in [-0.4, -0.2) is 11.1 Å². The van der Waals surface area contributed by atoms with Crippen molar-refractivity contribution in [2.45, 2.75) is 19.8 Å². The van der Waals surface area contributed by atoms with Crippen molar-refractivity contribution in [2.24, 2.45) is 0 Å². The van der Waals surface area contributed by atoms with E-state index >= 15 is 0 Å². The van der Waals surface area contributed by atoms with E-state index in [9.17, 15) is 4.79 Å². The summed E-state index contributed by atoms with van der Waals surface area (Å²) in [5, 5.41) is 8.99. The highest BCUT2D eigenvalue weighted by Gasteiger charge is 2.11. The smallest absolute Gasteiger partial charge is 0.336 e. The van der Waals surface area contributed by atoms with Crippen LogP contribution in [0.25, 0.3) is 0 Å². The van der Waals surface area contributed by atoms with Crippen LogP contribution in [-0.2, 0) is 0 Å². The lowest BCUT2D eigenvalue weighted by Gasteiger charge is -2.14. The summed E-state index contributed by atoms with van der Waals surface area (Å²) in [4.78, 5) is 11.0. The molecule has 0 atom stereocenters. The van der Waals surface area contributed by atoms with Crippen LogP contribution < -0.4 is 4.74 Å². The van der Waals surface area contributed by atoms with Crippen molar-refractivity contribution in [2.75, 3.05) is 0 Å². The fourth-order valence-electron chi connectivity index (χ4n) is 1.91. The number of para-hydroxylation sites is 1. The summed E-state index contributed by atoms with van der Waals surface area (Å²) in [6, 6.07) is 12.7. The van der Waals surface area contributed by atoms with Crippen molar-refractivity contribution >= 4 is 21.9 Å². The highest BCUT2D eigenvalue weighted by Crippen LogP contribution is 2.32. The molecule has 0 amide bonds. The summed E-state index contributed by atoms with van der Waals surface area (Å²) in [6.45, 7) is 4.21. The number of aromatic carboxylic acids is 1. The van der Waals surface area contributed by atoms with E-state index in [1.165, 1.54) is 6.07 Å². The topological polar surface area (TPSA) is 46.5 Å². The molecule has 0 fully saturated rings. The minimum Gasteiger partial charge on any atom is -0.478 e. The molecule has 0 aliphatic rings. The Morgan fingerprint density at radius 3 is 2.50 bits per heavy atom. The fraction of sp³-hybridized carbons (Fsp3) is 0.188. The fourth-order valence-corrected chi connectivity index (χ4v) is 2.44. The molecule has 0 saturated heterocycles. The number of carbonyl (C=O) groups is 1. The lowest BCUT2D eigenvalue weighted by Crippen LogP contribution is -1.98. The molecule has 2 aromatic rings. The Morgan fingerprint density at radius 1 is 1.20 bits per heavy atom. The molecule has 20 heavy (non-hydrogen) atoms. The first-order chi connectivity index (χ1) is 9.49. The highest BCUT2D eigenvalue weighted by molar-refractivity contribution is 9.10. The van der Waals surface area contributed by atoms with E-state index in [0.29, 0.717) is 16.1 Å². The Labute approximate surface area is 126 Å². The summed E-state index contributed by atoms with van der Waals surface area (Å²) in [7, 11) is 0. The van der Waals surface area contributed by atoms with Gasteiger partial charge in [0.2, 0.25) is 0 Å². The highest BCUT2D eigenvalue weighted by atomic mass is 79.9. The first-order valence-corrected chi connectivity index (χ1v) is 7.08. The van der Waals surface area contributed by atoms with Crippen LogP contribution in [0, 0.1) is 0 Å². The van der Waals surface area contributed by atoms with Gasteiger partial charge in [-0.2, -0.15) is 0 Å². The number of rotatable bonds is 4. The number of hydrogen-bond donors (Lipinski definition) is 1. The van der Waals surface area contributed by atoms with Crippen molar-refractivity contribution in [1.82, 2.24) is 0 Å². The van der Waals surface area contributed by atoms with E-state index in [1.54, 1.807) is 12.1 Å². The molecule has 2 aromatic carbocycles. The Hall–Kier alpha value is -1.81. The largest absolute Gasteiger partial charge is 0.478 e. The second-order valence-corrected chi connectivity index (χ2v) is 5.60. The summed E-state index contributed by atoms with van der Waals surface area (Å²) in [5.74, 6) is 0.784. The Bertz CT molecular complexity index is 635. The van der Waals surface area contributed by atoms with Crippen molar-refractivity contribution in [3.05, 3.63) is 58.1 Å². The molecule has 3 nitrogen and oxygen atoms in total. The summed E-state index contributed by atoms with van der Waals surface area (Å²) >= 11 is 3.25. The molecule has 0 aliphatic carbocycles. The second kappa shape index (κ2) is 6.09. The summed E-state index contributed by atoms with van der Waals surface area (Å²) in [5.41, 5.74) is 1.33. The number of ether oxygens (including phenoxy) is 1. The number of halogens is 1. The lowest BCUT2D eigenvalue weighted by atomic mass is 10.0. The van der Waals surface area contributed by atoms with Crippen LogP contribution in [0.1, 0.15) is 35.7 Å². The normalized spacial score (nSPS) is 10.6. The van der Waals surface area contributed by atoms with Crippen molar-refractivity contribution in [3.8, 4) is 11.5 Å². The Morgan fingerprint density at radius 2 is 1.90 bits per heavy atom. The van der Waals surface area contributed by atoms with Gasteiger partial charge in [0.1, 0.15) is 11.5 Å². The molecular formula is C16H15BrO3. The SMILES string of the molecule is CC(C)c1ccccc1Oc1ccc(C(=O)O)c(Br)c1. The maximum Gasteiger partial charge on any atom is 0.336 e. The Kier molecular flexibility index (Phi) is 4.45. The average molecular weight is 335 g/mol. The summed E-state index contributed by atoms with van der Waals surface area (Å²) < 4.78 is 6.37. The Balaban J connectivity index is 2.31. The maximum absolute atomic E-state index is 11.0. The van der Waals surface area contributed by atoms with Gasteiger partial charge in [0.15, 0.2) is 0 Å². The number of benzene rings is 2. The van der Waals surface area contributed by atoms with Gasteiger partial charge < -0.3 is 9.84 Å². The van der Waals surface area contributed by atoms with Crippen LogP contribution in [0.3, 0.4) is 0 Å². The standard InChI is InChI=1S/C16H15BrO3/c1-10(2)12-5-3-4-6-15(12)20-11-7-8-13(16(18)19)14(17)9-11/h3-10H,1-2H3,(H,18,19). The number of carboxylic acid groups (broad SMARTS) is 1. The predicted octanol–water partition coefficient (Wildman–Crippen LogP) is 5.06. The van der Waals surface area contributed by atoms with Crippen LogP contribution in [0.4, 0.5) is 0 Å². The molecule has 1 N–H and O–H groups in total. The zero-order valence-electron chi connectivity index (χ0n) is 11.3. The maximum atomic E-state index is 11.0. The van der Waals surface area contributed by atoms with Gasteiger partial charge in [-0.1, -0.05) is 32.0 Å². The molecule has 0 bridgehead atoms. The minimum atomic E-state index is -0.967. The first-order valence-electron chi connectivity index (χ1n) is 6.28. The zero-order chi connectivity index (χ0) is 14.7. The third-order valence-corrected chi connectivity index (χ3v) is 3.60. The third-order valence-electron chi connectivity index (χ3n) is 2.94. The van der Waals surface area contributed by atoms with Gasteiger partial charge in [0.05, 0.1) is 5.56 Å². The molecule has 104 valence electrons. The quantitative estimate of drug-likeness (QED) is 0.849. The van der Waals surface area contributed by atoms with Gasteiger partial charge in [0.25, 0.3) is 0 Å². The zero-order valence-corrected chi connectivity index (χ0v) is 12.8. The van der Waals surface area contributed by atoms with Crippen LogP contribution >= 0.6 is 15.9 Å². The molecule has 0 saturated carbocycles. The van der Waals surface area contributed by atoms with E-state index in [1.807, 2.05) is 24.3 Å². The van der Waals surface area contributed by atoms with Crippen LogP contribution in [0.5, 0.6) is 11.5 Å². The van der Waals surface area contributed by atoms with E-state index in [-0.39, 0.29) is 5.56 Å². The van der Waals surface area contributed by atoms with Gasteiger partial charge >= 0.3 is 5.97 Å². The molecule has 0 unspecified atom stereocenters. The van der Waals surface area contributed by atoms with Gasteiger partial charge in [-0.25, -0.2) is 4.79 Å². The molecule has 0 aromatic heterocycles. The van der Waals surface area contributed by atoms with Crippen molar-refractivity contribution in [1.29, 1.82) is 0 Å². The summed E-state index contributed by atoms with van der Waals surface area (Å²) in [6.07, 6.45) is 0. The van der Waals surface area contributed by atoms with E-state index in [0.717, 1.165) is 11.3 Å². The van der Waals surface area contributed by atoms with Gasteiger partial charge in [-0.05, 0) is 51.7 Å². The van der Waals surface area contributed by atoms with E-state index in [2.05, 4.69) is 29.8 Å². The number of hydrogen-bond acceptors (Lipinski definition) is 2. The molecule has 0 aliphatic heterocycles. The van der Waals surface area contributed by atoms with Crippen LogP contribution in [0.15, 0.2) is 46.9 Å². The first kappa shape index (κ1) is 14.6.